The van der Waals surface area contributed by atoms with Crippen LogP contribution in [0.2, 0.25) is 0 Å². The van der Waals surface area contributed by atoms with E-state index in [9.17, 15) is 15.3 Å². The Labute approximate surface area is 193 Å². The van der Waals surface area contributed by atoms with Crippen LogP contribution in [0.5, 0.6) is 11.5 Å². The van der Waals surface area contributed by atoms with Gasteiger partial charge < -0.3 is 9.47 Å². The molecule has 5 nitrogen and oxygen atoms in total. The number of rotatable bonds is 13. The first-order valence-electron chi connectivity index (χ1n) is 12.5. The second-order valence-corrected chi connectivity index (χ2v) is 8.93. The number of esters is 1. The predicted octanol–water partition coefficient (Wildman–Crippen LogP) is 7.07. The van der Waals surface area contributed by atoms with Crippen molar-refractivity contribution in [2.45, 2.75) is 97.3 Å². The lowest BCUT2D eigenvalue weighted by Crippen LogP contribution is -2.26. The molecule has 0 N–H and O–H groups in total. The van der Waals surface area contributed by atoms with E-state index in [1.165, 1.54) is 44.9 Å². The highest BCUT2D eigenvalue weighted by Crippen LogP contribution is 2.35. The van der Waals surface area contributed by atoms with Gasteiger partial charge in [-0.1, -0.05) is 65.2 Å². The number of carbonyl (C=O) groups is 1. The van der Waals surface area contributed by atoms with E-state index >= 15 is 0 Å². The van der Waals surface area contributed by atoms with E-state index in [2.05, 4.69) is 19.9 Å². The van der Waals surface area contributed by atoms with Crippen LogP contribution in [0, 0.1) is 34.5 Å². The third-order valence-corrected chi connectivity index (χ3v) is 6.46. The molecule has 0 aliphatic heterocycles. The highest BCUT2D eigenvalue weighted by atomic mass is 16.5. The Hall–Kier alpha value is -2.53. The normalized spacial score (nSPS) is 17.9. The first-order valence-corrected chi connectivity index (χ1v) is 12.5. The smallest absolute Gasteiger partial charge is 0.314 e. The van der Waals surface area contributed by atoms with Crippen LogP contribution in [-0.4, -0.2) is 12.6 Å². The molecule has 32 heavy (non-hydrogen) atoms. The standard InChI is InChI=1S/C27H38N2O3/c1-3-5-7-8-10-18-31-25-16-17-26(24(20-29)23(25)19-28)32-27(30)22-14-12-21(13-15-22)11-9-6-4-2/h16-17,21-22H,3-15,18H2,1-2H3. The molecule has 1 fully saturated rings. The fourth-order valence-corrected chi connectivity index (χ4v) is 4.44. The van der Waals surface area contributed by atoms with Gasteiger partial charge in [-0.25, -0.2) is 0 Å². The van der Waals surface area contributed by atoms with E-state index in [4.69, 9.17) is 9.47 Å². The minimum atomic E-state index is -0.290. The van der Waals surface area contributed by atoms with Crippen molar-refractivity contribution in [2.24, 2.45) is 11.8 Å². The highest BCUT2D eigenvalue weighted by Gasteiger charge is 2.28. The predicted molar refractivity (Wildman–Crippen MR) is 125 cm³/mol. The van der Waals surface area contributed by atoms with Gasteiger partial charge in [-0.2, -0.15) is 10.5 Å². The van der Waals surface area contributed by atoms with Crippen molar-refractivity contribution in [3.8, 4) is 23.6 Å². The van der Waals surface area contributed by atoms with Crippen molar-refractivity contribution in [2.75, 3.05) is 6.61 Å². The summed E-state index contributed by atoms with van der Waals surface area (Å²) in [5.74, 6) is 0.834. The Morgan fingerprint density at radius 1 is 0.875 bits per heavy atom. The van der Waals surface area contributed by atoms with Gasteiger partial charge in [0.2, 0.25) is 0 Å². The minimum absolute atomic E-state index is 0.0811. The van der Waals surface area contributed by atoms with Gasteiger partial charge in [0.05, 0.1) is 12.5 Å². The molecule has 0 atom stereocenters. The van der Waals surface area contributed by atoms with E-state index in [-0.39, 0.29) is 28.8 Å². The molecule has 0 saturated heterocycles. The van der Waals surface area contributed by atoms with Crippen molar-refractivity contribution < 1.29 is 14.3 Å². The van der Waals surface area contributed by atoms with Gasteiger partial charge in [-0.15, -0.1) is 0 Å². The molecular formula is C27H38N2O3. The molecule has 0 aromatic heterocycles. The maximum atomic E-state index is 12.7. The number of ether oxygens (including phenoxy) is 2. The first-order chi connectivity index (χ1) is 15.6. The molecule has 0 bridgehead atoms. The third kappa shape index (κ3) is 7.86. The molecule has 0 spiro atoms. The second kappa shape index (κ2) is 14.5. The van der Waals surface area contributed by atoms with Crippen molar-refractivity contribution in [1.29, 1.82) is 10.5 Å². The van der Waals surface area contributed by atoms with Gasteiger partial charge >= 0.3 is 5.97 Å². The van der Waals surface area contributed by atoms with Gasteiger partial charge in [0.25, 0.3) is 0 Å². The summed E-state index contributed by atoms with van der Waals surface area (Å²) in [6.07, 6.45) is 14.4. The number of hydrogen-bond acceptors (Lipinski definition) is 5. The molecule has 1 aromatic carbocycles. The SMILES string of the molecule is CCCCCCCOc1ccc(OC(=O)C2CCC(CCCCC)CC2)c(C#N)c1C#N. The topological polar surface area (TPSA) is 83.1 Å². The van der Waals surface area contributed by atoms with E-state index in [1.807, 2.05) is 6.07 Å². The summed E-state index contributed by atoms with van der Waals surface area (Å²) in [7, 11) is 0. The Kier molecular flexibility index (Phi) is 11.7. The molecule has 2 rings (SSSR count). The Balaban J connectivity index is 1.93. The van der Waals surface area contributed by atoms with Crippen LogP contribution in [0.15, 0.2) is 12.1 Å². The van der Waals surface area contributed by atoms with Crippen LogP contribution in [0.3, 0.4) is 0 Å². The maximum Gasteiger partial charge on any atom is 0.314 e. The second-order valence-electron chi connectivity index (χ2n) is 8.93. The average molecular weight is 439 g/mol. The van der Waals surface area contributed by atoms with Gasteiger partial charge in [0.15, 0.2) is 0 Å². The Bertz CT molecular complexity index is 798. The zero-order valence-corrected chi connectivity index (χ0v) is 19.8. The molecule has 0 unspecified atom stereocenters. The molecule has 1 aromatic rings. The molecule has 0 heterocycles. The summed E-state index contributed by atoms with van der Waals surface area (Å²) in [5.41, 5.74) is 0.226. The molecule has 0 amide bonds. The fraction of sp³-hybridized carbons (Fsp3) is 0.667. The molecule has 1 saturated carbocycles. The monoisotopic (exact) mass is 438 g/mol. The third-order valence-electron chi connectivity index (χ3n) is 6.46. The zero-order chi connectivity index (χ0) is 23.2. The number of benzene rings is 1. The minimum Gasteiger partial charge on any atom is -0.492 e. The van der Waals surface area contributed by atoms with Crippen LogP contribution >= 0.6 is 0 Å². The first kappa shape index (κ1) is 25.7. The number of carbonyl (C=O) groups excluding carboxylic acids is 1. The van der Waals surface area contributed by atoms with Gasteiger partial charge in [-0.3, -0.25) is 4.79 Å². The summed E-state index contributed by atoms with van der Waals surface area (Å²) in [6, 6.07) is 7.32. The lowest BCUT2D eigenvalue weighted by atomic mass is 9.80. The summed E-state index contributed by atoms with van der Waals surface area (Å²) >= 11 is 0. The quantitative estimate of drug-likeness (QED) is 0.187. The summed E-state index contributed by atoms with van der Waals surface area (Å²) in [5, 5.41) is 19.2. The zero-order valence-electron chi connectivity index (χ0n) is 19.8. The Morgan fingerprint density at radius 2 is 1.47 bits per heavy atom. The summed E-state index contributed by atoms with van der Waals surface area (Å²) in [6.45, 7) is 4.89. The van der Waals surface area contributed by atoms with Crippen LogP contribution in [0.4, 0.5) is 0 Å². The van der Waals surface area contributed by atoms with Gasteiger partial charge in [-0.05, 0) is 50.2 Å². The summed E-state index contributed by atoms with van der Waals surface area (Å²) in [4.78, 5) is 12.7. The van der Waals surface area contributed by atoms with Crippen LogP contribution in [-0.2, 0) is 4.79 Å². The van der Waals surface area contributed by atoms with Crippen molar-refractivity contribution in [3.63, 3.8) is 0 Å². The number of nitrogens with zero attached hydrogens (tertiary/aromatic N) is 2. The van der Waals surface area contributed by atoms with Crippen molar-refractivity contribution in [3.05, 3.63) is 23.3 Å². The Morgan fingerprint density at radius 3 is 2.12 bits per heavy atom. The lowest BCUT2D eigenvalue weighted by Gasteiger charge is -2.27. The lowest BCUT2D eigenvalue weighted by molar-refractivity contribution is -0.140. The van der Waals surface area contributed by atoms with E-state index < -0.39 is 0 Å². The molecule has 1 aliphatic rings. The van der Waals surface area contributed by atoms with Crippen LogP contribution in [0.25, 0.3) is 0 Å². The molecule has 5 heteroatoms. The number of unbranched alkanes of at least 4 members (excludes halogenated alkanes) is 6. The number of nitriles is 2. The maximum absolute atomic E-state index is 12.7. The molecular weight excluding hydrogens is 400 g/mol. The van der Waals surface area contributed by atoms with Crippen molar-refractivity contribution in [1.82, 2.24) is 0 Å². The van der Waals surface area contributed by atoms with Crippen molar-refractivity contribution >= 4 is 5.97 Å². The fourth-order valence-electron chi connectivity index (χ4n) is 4.44. The molecule has 0 radical (unpaired) electrons. The summed E-state index contributed by atoms with van der Waals surface area (Å²) < 4.78 is 11.4. The highest BCUT2D eigenvalue weighted by molar-refractivity contribution is 5.77. The van der Waals surface area contributed by atoms with Crippen LogP contribution in [0.1, 0.15) is 108 Å². The van der Waals surface area contributed by atoms with E-state index in [0.29, 0.717) is 18.3 Å². The van der Waals surface area contributed by atoms with E-state index in [0.717, 1.165) is 38.5 Å². The van der Waals surface area contributed by atoms with Gasteiger partial charge in [0.1, 0.15) is 34.8 Å². The number of hydrogen-bond donors (Lipinski definition) is 0. The van der Waals surface area contributed by atoms with E-state index in [1.54, 1.807) is 12.1 Å². The molecule has 174 valence electrons. The average Bonchev–Trinajstić information content (AvgIpc) is 2.82. The largest absolute Gasteiger partial charge is 0.492 e. The molecule has 1 aliphatic carbocycles. The van der Waals surface area contributed by atoms with Gasteiger partial charge in [0, 0.05) is 0 Å². The van der Waals surface area contributed by atoms with Crippen LogP contribution < -0.4 is 9.47 Å².